The fraction of sp³-hybridized carbons (Fsp3) is 0.619. The van der Waals surface area contributed by atoms with E-state index >= 15 is 0 Å². The maximum atomic E-state index is 13.2. The van der Waals surface area contributed by atoms with Crippen LogP contribution in [-0.2, 0) is 19.9 Å². The molecule has 0 aliphatic carbocycles. The van der Waals surface area contributed by atoms with Gasteiger partial charge in [0.1, 0.15) is 0 Å². The second-order valence-electron chi connectivity index (χ2n) is 9.23. The van der Waals surface area contributed by atoms with Crippen LogP contribution in [0, 0.1) is 5.92 Å². The molecule has 4 rings (SSSR count). The van der Waals surface area contributed by atoms with Crippen LogP contribution >= 0.6 is 0 Å². The predicted octanol–water partition coefficient (Wildman–Crippen LogP) is 1.51. The van der Waals surface area contributed by atoms with Gasteiger partial charge in [-0.25, -0.2) is 0 Å². The van der Waals surface area contributed by atoms with Crippen LogP contribution in [0.25, 0.3) is 0 Å². The van der Waals surface area contributed by atoms with Gasteiger partial charge in [0.15, 0.2) is 13.9 Å². The van der Waals surface area contributed by atoms with Gasteiger partial charge in [-0.05, 0) is 57.1 Å². The normalized spacial score (nSPS) is 33.0. The van der Waals surface area contributed by atoms with E-state index in [1.807, 2.05) is 20.0 Å². The van der Waals surface area contributed by atoms with Gasteiger partial charge in [-0.1, -0.05) is 6.92 Å². The summed E-state index contributed by atoms with van der Waals surface area (Å²) < 4.78 is 6.38. The van der Waals surface area contributed by atoms with E-state index in [9.17, 15) is 19.5 Å². The Kier molecular flexibility index (Phi) is 5.52. The first-order valence-electron chi connectivity index (χ1n) is 10.7. The summed E-state index contributed by atoms with van der Waals surface area (Å²) in [4.78, 5) is 36.6. The molecule has 164 valence electrons. The number of carbonyl (C=O) groups excluding carboxylic acids is 2. The minimum atomic E-state index is -2.68. The minimum absolute atomic E-state index is 0.0760. The Morgan fingerprint density at radius 3 is 2.80 bits per heavy atom. The maximum Gasteiger partial charge on any atom is 0.261 e. The topological polar surface area (TPSA) is 120 Å². The minimum Gasteiger partial charge on any atom is -0.432 e. The third-order valence-electron chi connectivity index (χ3n) is 6.80. The quantitative estimate of drug-likeness (QED) is 0.449. The molecule has 3 aliphatic heterocycles. The van der Waals surface area contributed by atoms with E-state index in [-0.39, 0.29) is 35.9 Å². The molecule has 2 amide bonds. The summed E-state index contributed by atoms with van der Waals surface area (Å²) in [6.45, 7) is 6.40. The molecule has 9 heteroatoms. The molecular weight excluding hydrogens is 402 g/mol. The number of rotatable bonds is 5. The van der Waals surface area contributed by atoms with Crippen LogP contribution in [-0.4, -0.2) is 55.3 Å². The first-order valence-corrected chi connectivity index (χ1v) is 13.7. The van der Waals surface area contributed by atoms with Crippen molar-refractivity contribution in [1.82, 2.24) is 5.32 Å². The van der Waals surface area contributed by atoms with Crippen molar-refractivity contribution in [3.8, 4) is 0 Å². The number of benzene rings is 1. The van der Waals surface area contributed by atoms with E-state index in [1.165, 1.54) is 0 Å². The highest BCUT2D eigenvalue weighted by Gasteiger charge is 2.64. The molecule has 0 aromatic heterocycles. The van der Waals surface area contributed by atoms with E-state index in [1.54, 1.807) is 18.2 Å². The van der Waals surface area contributed by atoms with Gasteiger partial charge < -0.3 is 30.6 Å². The van der Waals surface area contributed by atoms with Crippen molar-refractivity contribution in [2.24, 2.45) is 5.92 Å². The first-order chi connectivity index (χ1) is 14.2. The summed E-state index contributed by atoms with van der Waals surface area (Å²) in [5.41, 5.74) is 0.508. The van der Waals surface area contributed by atoms with Crippen LogP contribution in [0.2, 0.25) is 18.6 Å². The number of hydrogen-bond donors (Lipinski definition) is 5. The number of nitrogens with one attached hydrogen (secondary N) is 3. The van der Waals surface area contributed by atoms with Crippen LogP contribution in [0.3, 0.4) is 0 Å². The Labute approximate surface area is 177 Å². The molecule has 5 N–H and O–H groups in total. The van der Waals surface area contributed by atoms with Crippen molar-refractivity contribution in [2.45, 2.75) is 62.6 Å². The van der Waals surface area contributed by atoms with Crippen LogP contribution in [0.1, 0.15) is 31.7 Å². The van der Waals surface area contributed by atoms with Crippen LogP contribution < -0.4 is 16.0 Å². The maximum absolute atomic E-state index is 13.2. The van der Waals surface area contributed by atoms with Gasteiger partial charge in [0, 0.05) is 35.0 Å². The lowest BCUT2D eigenvalue weighted by Crippen LogP contribution is -2.43. The summed E-state index contributed by atoms with van der Waals surface area (Å²) >= 11 is 0. The summed E-state index contributed by atoms with van der Waals surface area (Å²) in [5, 5.41) is 18.6. The predicted molar refractivity (Wildman–Crippen MR) is 116 cm³/mol. The zero-order chi connectivity index (χ0) is 21.7. The van der Waals surface area contributed by atoms with Gasteiger partial charge in [-0.2, -0.15) is 0 Å². The van der Waals surface area contributed by atoms with Gasteiger partial charge in [0.25, 0.3) is 5.91 Å². The van der Waals surface area contributed by atoms with Crippen molar-refractivity contribution in [2.75, 3.05) is 23.8 Å². The number of amides is 2. The number of aliphatic hydroxyl groups excluding tert-OH is 1. The van der Waals surface area contributed by atoms with Crippen LogP contribution in [0.5, 0.6) is 0 Å². The Morgan fingerprint density at radius 1 is 1.40 bits per heavy atom. The Bertz CT molecular complexity index is 852. The lowest BCUT2D eigenvalue weighted by atomic mass is 9.82. The molecule has 1 aromatic carbocycles. The average molecular weight is 434 g/mol. The van der Waals surface area contributed by atoms with Crippen LogP contribution in [0.4, 0.5) is 11.4 Å². The molecule has 3 heterocycles. The van der Waals surface area contributed by atoms with Crippen molar-refractivity contribution in [1.29, 1.82) is 0 Å². The fourth-order valence-corrected chi connectivity index (χ4v) is 8.11. The number of ether oxygens (including phenoxy) is 1. The van der Waals surface area contributed by atoms with Crippen molar-refractivity contribution in [3.63, 3.8) is 0 Å². The van der Waals surface area contributed by atoms with Gasteiger partial charge in [-0.3, -0.25) is 9.59 Å². The van der Waals surface area contributed by atoms with Crippen molar-refractivity contribution < 1.29 is 24.2 Å². The largest absolute Gasteiger partial charge is 0.432 e. The lowest BCUT2D eigenvalue weighted by Gasteiger charge is -2.32. The molecule has 0 saturated carbocycles. The zero-order valence-electron chi connectivity index (χ0n) is 17.7. The first kappa shape index (κ1) is 21.4. The second kappa shape index (κ2) is 7.72. The van der Waals surface area contributed by atoms with Gasteiger partial charge >= 0.3 is 0 Å². The molecule has 0 radical (unpaired) electrons. The molecule has 2 fully saturated rings. The highest BCUT2D eigenvalue weighted by molar-refractivity contribution is 6.71. The second-order valence-corrected chi connectivity index (χ2v) is 13.2. The van der Waals surface area contributed by atoms with E-state index in [0.717, 1.165) is 19.4 Å². The number of fused-ring (bicyclic) bond motifs is 2. The number of carbonyl (C=O) groups is 2. The molecule has 0 bridgehead atoms. The highest BCUT2D eigenvalue weighted by atomic mass is 28.4. The Balaban J connectivity index is 1.69. The van der Waals surface area contributed by atoms with Crippen LogP contribution in [0.15, 0.2) is 18.2 Å². The monoisotopic (exact) mass is 433 g/mol. The van der Waals surface area contributed by atoms with E-state index in [2.05, 4.69) is 16.0 Å². The van der Waals surface area contributed by atoms with Gasteiger partial charge in [-0.15, -0.1) is 0 Å². The smallest absolute Gasteiger partial charge is 0.261 e. The standard InChI is InChI=1S/C21H31N3O5Si/c1-12-18(30(2,3)28)17(8-10-25)29-21(12)14-11-13(6-7-15(14)24-20(21)27)23-19(26)16-5-4-9-22-16/h6-7,11-12,16-18,22,25,28H,4-5,8-10H2,1-3H3,(H,23,26)(H,24,27)/t12-,16-,17+,18-,21+/m1/s1. The molecule has 30 heavy (non-hydrogen) atoms. The molecular formula is C21H31N3O5Si. The Morgan fingerprint density at radius 2 is 2.17 bits per heavy atom. The highest BCUT2D eigenvalue weighted by Crippen LogP contribution is 2.58. The molecule has 8 nitrogen and oxygen atoms in total. The van der Waals surface area contributed by atoms with Crippen molar-refractivity contribution in [3.05, 3.63) is 23.8 Å². The van der Waals surface area contributed by atoms with Crippen molar-refractivity contribution >= 4 is 31.5 Å². The molecule has 1 aromatic rings. The summed E-state index contributed by atoms with van der Waals surface area (Å²) in [6, 6.07) is 5.16. The van der Waals surface area contributed by atoms with Gasteiger partial charge in [0.05, 0.1) is 12.1 Å². The molecule has 0 unspecified atom stereocenters. The number of aliphatic hydroxyl groups is 1. The Hall–Kier alpha value is -1.78. The molecule has 3 aliphatic rings. The SMILES string of the molecule is C[C@@H]1[C@@H]([Si](C)(C)O)[C@H](CCO)O[C@@]12C(=O)Nc1ccc(NC(=O)[C@H]3CCCN3)cc12. The zero-order valence-corrected chi connectivity index (χ0v) is 18.7. The molecule has 2 saturated heterocycles. The third-order valence-corrected chi connectivity index (χ3v) is 9.30. The summed E-state index contributed by atoms with van der Waals surface area (Å²) in [6.07, 6.45) is 1.74. The summed E-state index contributed by atoms with van der Waals surface area (Å²) in [7, 11) is -2.68. The molecule has 1 spiro atoms. The fourth-order valence-electron chi connectivity index (χ4n) is 5.51. The number of hydrogen-bond acceptors (Lipinski definition) is 6. The van der Waals surface area contributed by atoms with E-state index < -0.39 is 20.0 Å². The summed E-state index contributed by atoms with van der Waals surface area (Å²) in [5.74, 6) is -0.613. The number of anilines is 2. The lowest BCUT2D eigenvalue weighted by molar-refractivity contribution is -0.143. The van der Waals surface area contributed by atoms with E-state index in [0.29, 0.717) is 23.4 Å². The van der Waals surface area contributed by atoms with Gasteiger partial charge in [0.2, 0.25) is 5.91 Å². The third kappa shape index (κ3) is 3.38. The van der Waals surface area contributed by atoms with E-state index in [4.69, 9.17) is 4.74 Å². The molecule has 5 atom stereocenters. The average Bonchev–Trinajstić information content (AvgIpc) is 3.35.